The van der Waals surface area contributed by atoms with Crippen molar-refractivity contribution in [1.82, 2.24) is 0 Å². The molecule has 0 saturated heterocycles. The summed E-state index contributed by atoms with van der Waals surface area (Å²) in [6.45, 7) is 8.64. The molecule has 2 aliphatic rings. The van der Waals surface area contributed by atoms with Crippen molar-refractivity contribution in [3.05, 3.63) is 23.8 Å². The van der Waals surface area contributed by atoms with Gasteiger partial charge in [0.1, 0.15) is 6.29 Å². The van der Waals surface area contributed by atoms with E-state index in [2.05, 4.69) is 26.5 Å². The first-order valence-corrected chi connectivity index (χ1v) is 6.89. The van der Waals surface area contributed by atoms with E-state index in [4.69, 9.17) is 0 Å². The van der Waals surface area contributed by atoms with Crippen LogP contribution in [0.3, 0.4) is 0 Å². The second-order valence-corrected chi connectivity index (χ2v) is 6.42. The maximum Gasteiger partial charge on any atom is 0.131 e. The first kappa shape index (κ1) is 12.6. The molecule has 1 fully saturated rings. The molecule has 1 saturated carbocycles. The van der Waals surface area contributed by atoms with E-state index in [0.29, 0.717) is 5.92 Å². The van der Waals surface area contributed by atoms with E-state index >= 15 is 0 Å². The molecule has 0 aliphatic heterocycles. The third-order valence-electron chi connectivity index (χ3n) is 4.25. The summed E-state index contributed by atoms with van der Waals surface area (Å²) in [4.78, 5) is 11.3. The lowest BCUT2D eigenvalue weighted by Gasteiger charge is -2.37. The summed E-state index contributed by atoms with van der Waals surface area (Å²) in [5.41, 5.74) is 2.68. The van der Waals surface area contributed by atoms with Crippen molar-refractivity contribution in [3.8, 4) is 0 Å². The fourth-order valence-corrected chi connectivity index (χ4v) is 3.51. The van der Waals surface area contributed by atoms with Crippen LogP contribution in [0.1, 0.15) is 52.4 Å². The molecule has 0 heterocycles. The van der Waals surface area contributed by atoms with Crippen molar-refractivity contribution < 1.29 is 4.79 Å². The van der Waals surface area contributed by atoms with Crippen molar-refractivity contribution in [2.75, 3.05) is 0 Å². The SMILES string of the molecule is C=C1CC(C)(C)C=C(C2CCCCC2)C1C=O. The van der Waals surface area contributed by atoms with Gasteiger partial charge in [0.15, 0.2) is 0 Å². The second kappa shape index (κ2) is 4.80. The van der Waals surface area contributed by atoms with Crippen molar-refractivity contribution in [1.29, 1.82) is 0 Å². The Morgan fingerprint density at radius 2 is 1.94 bits per heavy atom. The van der Waals surface area contributed by atoms with E-state index in [1.54, 1.807) is 0 Å². The predicted octanol–water partition coefficient (Wildman–Crippen LogP) is 4.29. The highest BCUT2D eigenvalue weighted by Gasteiger charge is 2.33. The zero-order valence-corrected chi connectivity index (χ0v) is 11.2. The summed E-state index contributed by atoms with van der Waals surface area (Å²) in [7, 11) is 0. The number of hydrogen-bond acceptors (Lipinski definition) is 1. The molecule has 0 N–H and O–H groups in total. The first-order chi connectivity index (χ1) is 8.03. The average Bonchev–Trinajstić information content (AvgIpc) is 2.28. The maximum atomic E-state index is 11.3. The predicted molar refractivity (Wildman–Crippen MR) is 71.8 cm³/mol. The minimum absolute atomic E-state index is 0.00567. The maximum absolute atomic E-state index is 11.3. The Morgan fingerprint density at radius 1 is 1.29 bits per heavy atom. The molecule has 0 aromatic rings. The fraction of sp³-hybridized carbons (Fsp3) is 0.688. The van der Waals surface area contributed by atoms with Gasteiger partial charge in [-0.3, -0.25) is 0 Å². The standard InChI is InChI=1S/C16H24O/c1-12-9-16(2,3)10-14(15(12)11-17)13-7-5-4-6-8-13/h10-11,13,15H,1,4-9H2,2-3H3. The minimum Gasteiger partial charge on any atom is -0.302 e. The number of aldehydes is 1. The highest BCUT2D eigenvalue weighted by Crippen LogP contribution is 2.44. The van der Waals surface area contributed by atoms with Crippen LogP contribution < -0.4 is 0 Å². The van der Waals surface area contributed by atoms with Crippen LogP contribution in [-0.4, -0.2) is 6.29 Å². The summed E-state index contributed by atoms with van der Waals surface area (Å²) in [5, 5.41) is 0. The van der Waals surface area contributed by atoms with Gasteiger partial charge in [0.25, 0.3) is 0 Å². The van der Waals surface area contributed by atoms with Crippen LogP contribution in [0.25, 0.3) is 0 Å². The van der Waals surface area contributed by atoms with Crippen molar-refractivity contribution in [2.24, 2.45) is 17.3 Å². The third-order valence-corrected chi connectivity index (χ3v) is 4.25. The monoisotopic (exact) mass is 232 g/mol. The number of hydrogen-bond donors (Lipinski definition) is 0. The van der Waals surface area contributed by atoms with Gasteiger partial charge in [-0.2, -0.15) is 0 Å². The fourth-order valence-electron chi connectivity index (χ4n) is 3.51. The summed E-state index contributed by atoms with van der Waals surface area (Å²) in [6.07, 6.45) is 11.0. The number of carbonyl (C=O) groups excluding carboxylic acids is 1. The Morgan fingerprint density at radius 3 is 2.53 bits per heavy atom. The van der Waals surface area contributed by atoms with Gasteiger partial charge in [0.05, 0.1) is 5.92 Å². The van der Waals surface area contributed by atoms with Gasteiger partial charge >= 0.3 is 0 Å². The van der Waals surface area contributed by atoms with Crippen LogP contribution >= 0.6 is 0 Å². The van der Waals surface area contributed by atoms with Gasteiger partial charge in [-0.15, -0.1) is 0 Å². The van der Waals surface area contributed by atoms with Gasteiger partial charge in [-0.25, -0.2) is 0 Å². The smallest absolute Gasteiger partial charge is 0.131 e. The molecular formula is C16H24O. The molecule has 0 radical (unpaired) electrons. The summed E-state index contributed by atoms with van der Waals surface area (Å²) < 4.78 is 0. The highest BCUT2D eigenvalue weighted by molar-refractivity contribution is 5.65. The molecule has 1 unspecified atom stereocenters. The zero-order chi connectivity index (χ0) is 12.5. The van der Waals surface area contributed by atoms with Crippen LogP contribution in [-0.2, 0) is 4.79 Å². The first-order valence-electron chi connectivity index (χ1n) is 6.89. The van der Waals surface area contributed by atoms with Crippen molar-refractivity contribution >= 4 is 6.29 Å². The van der Waals surface area contributed by atoms with E-state index in [9.17, 15) is 4.79 Å². The van der Waals surface area contributed by atoms with E-state index in [1.807, 2.05) is 0 Å². The van der Waals surface area contributed by atoms with Crippen molar-refractivity contribution in [3.63, 3.8) is 0 Å². The lowest BCUT2D eigenvalue weighted by Crippen LogP contribution is -2.27. The third kappa shape index (κ3) is 2.70. The Bertz CT molecular complexity index is 343. The van der Waals surface area contributed by atoms with Crippen LogP contribution in [0, 0.1) is 17.3 Å². The molecule has 0 aromatic carbocycles. The summed E-state index contributed by atoms with van der Waals surface area (Å²) in [6, 6.07) is 0. The summed E-state index contributed by atoms with van der Waals surface area (Å²) >= 11 is 0. The number of allylic oxidation sites excluding steroid dienone is 3. The lowest BCUT2D eigenvalue weighted by molar-refractivity contribution is -0.109. The quantitative estimate of drug-likeness (QED) is 0.512. The lowest BCUT2D eigenvalue weighted by atomic mass is 9.67. The topological polar surface area (TPSA) is 17.1 Å². The molecule has 0 aromatic heterocycles. The molecule has 17 heavy (non-hydrogen) atoms. The minimum atomic E-state index is 0.00567. The van der Waals surface area contributed by atoms with Crippen LogP contribution in [0.4, 0.5) is 0 Å². The zero-order valence-electron chi connectivity index (χ0n) is 11.2. The molecule has 0 spiro atoms. The molecule has 94 valence electrons. The Kier molecular flexibility index (Phi) is 3.56. The van der Waals surface area contributed by atoms with Crippen molar-refractivity contribution in [2.45, 2.75) is 52.4 Å². The molecule has 0 amide bonds. The average molecular weight is 232 g/mol. The molecule has 1 atom stereocenters. The largest absolute Gasteiger partial charge is 0.302 e. The molecule has 2 aliphatic carbocycles. The van der Waals surface area contributed by atoms with Crippen LogP contribution in [0.2, 0.25) is 0 Å². The molecule has 2 rings (SSSR count). The van der Waals surface area contributed by atoms with Gasteiger partial charge in [-0.05, 0) is 30.6 Å². The van der Waals surface area contributed by atoms with E-state index < -0.39 is 0 Å². The van der Waals surface area contributed by atoms with Gasteiger partial charge in [-0.1, -0.05) is 56.9 Å². The second-order valence-electron chi connectivity index (χ2n) is 6.42. The number of carbonyl (C=O) groups is 1. The van der Waals surface area contributed by atoms with Gasteiger partial charge < -0.3 is 4.79 Å². The molecule has 1 nitrogen and oxygen atoms in total. The van der Waals surface area contributed by atoms with E-state index in [1.165, 1.54) is 37.7 Å². The highest BCUT2D eigenvalue weighted by atomic mass is 16.1. The Labute approximate surface area is 105 Å². The Hall–Kier alpha value is -0.850. The summed E-state index contributed by atoms with van der Waals surface area (Å²) in [5.74, 6) is 0.640. The Balaban J connectivity index is 2.28. The normalized spacial score (nSPS) is 29.9. The van der Waals surface area contributed by atoms with E-state index in [0.717, 1.165) is 18.3 Å². The molecule has 1 heteroatoms. The molecule has 0 bridgehead atoms. The van der Waals surface area contributed by atoms with Crippen LogP contribution in [0.5, 0.6) is 0 Å². The number of rotatable bonds is 2. The van der Waals surface area contributed by atoms with Gasteiger partial charge in [0, 0.05) is 0 Å². The molecular weight excluding hydrogens is 208 g/mol. The van der Waals surface area contributed by atoms with Gasteiger partial charge in [0.2, 0.25) is 0 Å². The van der Waals surface area contributed by atoms with Crippen LogP contribution in [0.15, 0.2) is 23.8 Å². The van der Waals surface area contributed by atoms with E-state index in [-0.39, 0.29) is 11.3 Å².